The lowest BCUT2D eigenvalue weighted by atomic mass is 9.71. The Morgan fingerprint density at radius 2 is 2.00 bits per heavy atom. The van der Waals surface area contributed by atoms with Crippen LogP contribution in [-0.2, 0) is 0 Å². The zero-order chi connectivity index (χ0) is 10.9. The average Bonchev–Trinajstić information content (AvgIpc) is 2.22. The van der Waals surface area contributed by atoms with Gasteiger partial charge in [-0.25, -0.2) is 0 Å². The summed E-state index contributed by atoms with van der Waals surface area (Å²) >= 11 is 2.09. The molecule has 1 aliphatic carbocycles. The predicted molar refractivity (Wildman–Crippen MR) is 71.6 cm³/mol. The van der Waals surface area contributed by atoms with Crippen molar-refractivity contribution in [2.75, 3.05) is 24.6 Å². The van der Waals surface area contributed by atoms with E-state index in [1.165, 1.54) is 56.7 Å². The van der Waals surface area contributed by atoms with Gasteiger partial charge < -0.3 is 5.32 Å². The van der Waals surface area contributed by atoms with Crippen LogP contribution in [-0.4, -0.2) is 24.6 Å². The molecular weight excluding hydrogens is 202 g/mol. The van der Waals surface area contributed by atoms with Gasteiger partial charge in [-0.15, -0.1) is 0 Å². The Kier molecular flexibility index (Phi) is 7.54. The van der Waals surface area contributed by atoms with Gasteiger partial charge in [-0.05, 0) is 68.5 Å². The smallest absolute Gasteiger partial charge is 0.00179 e. The number of nitrogens with one attached hydrogen (secondary N) is 1. The molecule has 0 spiro atoms. The van der Waals surface area contributed by atoms with Crippen LogP contribution in [0.4, 0.5) is 0 Å². The fourth-order valence-electron chi connectivity index (χ4n) is 2.34. The molecule has 0 aliphatic heterocycles. The van der Waals surface area contributed by atoms with Crippen molar-refractivity contribution in [2.45, 2.75) is 46.0 Å². The summed E-state index contributed by atoms with van der Waals surface area (Å²) in [5, 5.41) is 3.56. The van der Waals surface area contributed by atoms with Crippen molar-refractivity contribution >= 4 is 11.8 Å². The molecule has 2 unspecified atom stereocenters. The number of hydrogen-bond acceptors (Lipinski definition) is 2. The topological polar surface area (TPSA) is 12.0 Å². The summed E-state index contributed by atoms with van der Waals surface area (Å²) in [4.78, 5) is 0. The first-order valence-corrected chi connectivity index (χ1v) is 7.82. The summed E-state index contributed by atoms with van der Waals surface area (Å²) < 4.78 is 0. The third kappa shape index (κ3) is 5.26. The second-order valence-corrected chi connectivity index (χ2v) is 6.03. The molecule has 0 heterocycles. The molecule has 90 valence electrons. The molecule has 2 atom stereocenters. The Morgan fingerprint density at radius 1 is 1.20 bits per heavy atom. The molecule has 0 saturated heterocycles. The van der Waals surface area contributed by atoms with Gasteiger partial charge in [0.1, 0.15) is 0 Å². The predicted octanol–water partition coefficient (Wildman–Crippen LogP) is 3.55. The van der Waals surface area contributed by atoms with Crippen LogP contribution in [0, 0.1) is 11.8 Å². The van der Waals surface area contributed by atoms with Gasteiger partial charge in [0.05, 0.1) is 0 Å². The van der Waals surface area contributed by atoms with Crippen molar-refractivity contribution in [2.24, 2.45) is 11.8 Å². The minimum Gasteiger partial charge on any atom is -0.316 e. The minimum absolute atomic E-state index is 1.00. The van der Waals surface area contributed by atoms with E-state index < -0.39 is 0 Å². The van der Waals surface area contributed by atoms with E-state index in [1.54, 1.807) is 0 Å². The number of hydrogen-bond donors (Lipinski definition) is 1. The fourth-order valence-corrected chi connectivity index (χ4v) is 3.00. The Balaban J connectivity index is 1.95. The molecular formula is C13H27NS. The van der Waals surface area contributed by atoms with Gasteiger partial charge in [0.2, 0.25) is 0 Å². The molecule has 0 aromatic rings. The summed E-state index contributed by atoms with van der Waals surface area (Å²) in [6.45, 7) is 6.98. The second kappa shape index (κ2) is 8.46. The number of thioether (sulfide) groups is 1. The Bertz CT molecular complexity index is 149. The molecule has 1 aliphatic rings. The normalized spacial score (nSPS) is 25.2. The molecule has 1 fully saturated rings. The lowest BCUT2D eigenvalue weighted by Crippen LogP contribution is -2.35. The molecule has 0 radical (unpaired) electrons. The largest absolute Gasteiger partial charge is 0.316 e. The maximum atomic E-state index is 3.56. The molecule has 0 aromatic heterocycles. The molecule has 0 bridgehead atoms. The van der Waals surface area contributed by atoms with Gasteiger partial charge in [0.25, 0.3) is 0 Å². The highest BCUT2D eigenvalue weighted by molar-refractivity contribution is 7.99. The van der Waals surface area contributed by atoms with Crippen LogP contribution in [0.2, 0.25) is 0 Å². The van der Waals surface area contributed by atoms with Gasteiger partial charge >= 0.3 is 0 Å². The van der Waals surface area contributed by atoms with Gasteiger partial charge in [0, 0.05) is 0 Å². The Morgan fingerprint density at radius 3 is 2.60 bits per heavy atom. The summed E-state index contributed by atoms with van der Waals surface area (Å²) in [7, 11) is 0. The zero-order valence-corrected chi connectivity index (χ0v) is 11.2. The minimum atomic E-state index is 1.00. The lowest BCUT2D eigenvalue weighted by molar-refractivity contribution is 0.160. The van der Waals surface area contributed by atoms with Crippen LogP contribution in [0.15, 0.2) is 0 Å². The van der Waals surface area contributed by atoms with Gasteiger partial charge in [-0.3, -0.25) is 0 Å². The van der Waals surface area contributed by atoms with Crippen LogP contribution in [0.25, 0.3) is 0 Å². The third-order valence-corrected chi connectivity index (χ3v) is 4.46. The van der Waals surface area contributed by atoms with Crippen molar-refractivity contribution in [1.82, 2.24) is 5.32 Å². The maximum absolute atomic E-state index is 3.56. The molecule has 1 saturated carbocycles. The molecule has 0 aromatic carbocycles. The number of rotatable bonds is 9. The van der Waals surface area contributed by atoms with E-state index in [-0.39, 0.29) is 0 Å². The molecule has 1 rings (SSSR count). The van der Waals surface area contributed by atoms with Crippen molar-refractivity contribution in [3.63, 3.8) is 0 Å². The highest BCUT2D eigenvalue weighted by Gasteiger charge is 2.29. The van der Waals surface area contributed by atoms with E-state index in [9.17, 15) is 0 Å². The van der Waals surface area contributed by atoms with E-state index in [2.05, 4.69) is 30.9 Å². The van der Waals surface area contributed by atoms with E-state index in [1.807, 2.05) is 0 Å². The third-order valence-electron chi connectivity index (χ3n) is 3.48. The average molecular weight is 229 g/mol. The molecule has 1 N–H and O–H groups in total. The lowest BCUT2D eigenvalue weighted by Gasteiger charge is -2.37. The summed E-state index contributed by atoms with van der Waals surface area (Å²) in [5.41, 5.74) is 0. The quantitative estimate of drug-likeness (QED) is 0.607. The summed E-state index contributed by atoms with van der Waals surface area (Å²) in [5.74, 6) is 4.71. The molecule has 0 amide bonds. The molecule has 1 nitrogen and oxygen atoms in total. The fraction of sp³-hybridized carbons (Fsp3) is 1.00. The first-order chi connectivity index (χ1) is 7.38. The van der Waals surface area contributed by atoms with E-state index in [4.69, 9.17) is 0 Å². The van der Waals surface area contributed by atoms with Gasteiger partial charge in [-0.1, -0.05) is 13.8 Å². The van der Waals surface area contributed by atoms with E-state index in [0.29, 0.717) is 0 Å². The van der Waals surface area contributed by atoms with Crippen molar-refractivity contribution in [1.29, 1.82) is 0 Å². The second-order valence-electron chi connectivity index (χ2n) is 4.64. The molecule has 15 heavy (non-hydrogen) atoms. The van der Waals surface area contributed by atoms with Crippen LogP contribution < -0.4 is 5.32 Å². The first kappa shape index (κ1) is 13.4. The Hall–Kier alpha value is 0.310. The van der Waals surface area contributed by atoms with Gasteiger partial charge in [-0.2, -0.15) is 11.8 Å². The highest BCUT2D eigenvalue weighted by atomic mass is 32.2. The van der Waals surface area contributed by atoms with Crippen molar-refractivity contribution in [3.8, 4) is 0 Å². The zero-order valence-electron chi connectivity index (χ0n) is 10.4. The maximum Gasteiger partial charge on any atom is -0.00179 e. The monoisotopic (exact) mass is 229 g/mol. The van der Waals surface area contributed by atoms with Crippen LogP contribution in [0.5, 0.6) is 0 Å². The standard InChI is InChI=1S/C13H27NS/c1-3-9-14-11-13-8-7-12(13)6-5-10-15-4-2/h12-14H,3-11H2,1-2H3. The van der Waals surface area contributed by atoms with Crippen LogP contribution in [0.1, 0.15) is 46.0 Å². The summed E-state index contributed by atoms with van der Waals surface area (Å²) in [6, 6.07) is 0. The molecule has 2 heteroatoms. The van der Waals surface area contributed by atoms with Crippen molar-refractivity contribution in [3.05, 3.63) is 0 Å². The van der Waals surface area contributed by atoms with E-state index in [0.717, 1.165) is 11.8 Å². The Labute approximate surface area is 99.8 Å². The van der Waals surface area contributed by atoms with Crippen LogP contribution in [0.3, 0.4) is 0 Å². The first-order valence-electron chi connectivity index (χ1n) is 6.66. The van der Waals surface area contributed by atoms with Crippen LogP contribution >= 0.6 is 11.8 Å². The highest BCUT2D eigenvalue weighted by Crippen LogP contribution is 2.37. The van der Waals surface area contributed by atoms with Crippen molar-refractivity contribution < 1.29 is 0 Å². The SMILES string of the molecule is CCCNCC1CCC1CCCSCC. The van der Waals surface area contributed by atoms with Gasteiger partial charge in [0.15, 0.2) is 0 Å². The summed E-state index contributed by atoms with van der Waals surface area (Å²) in [6.07, 6.45) is 7.15. The van der Waals surface area contributed by atoms with E-state index >= 15 is 0 Å².